The van der Waals surface area contributed by atoms with E-state index in [4.69, 9.17) is 9.26 Å². The van der Waals surface area contributed by atoms with Crippen LogP contribution in [0.1, 0.15) is 52.2 Å². The number of aromatic nitrogens is 1. The molecule has 0 fully saturated rings. The topological polar surface area (TPSA) is 93.5 Å². The van der Waals surface area contributed by atoms with Crippen LogP contribution in [-0.2, 0) is 10.3 Å². The highest BCUT2D eigenvalue weighted by molar-refractivity contribution is 6.08. The Morgan fingerprint density at radius 3 is 2.27 bits per heavy atom. The number of hydrogen-bond acceptors (Lipinski definition) is 5. The van der Waals surface area contributed by atoms with Gasteiger partial charge in [0.15, 0.2) is 5.54 Å². The lowest BCUT2D eigenvalue weighted by atomic mass is 9.77. The molecule has 4 rings (SSSR count). The third kappa shape index (κ3) is 6.72. The molecule has 1 aromatic heterocycles. The average Bonchev–Trinajstić information content (AvgIpc) is 3.34. The van der Waals surface area contributed by atoms with Crippen LogP contribution in [0.2, 0.25) is 0 Å². The van der Waals surface area contributed by atoms with Gasteiger partial charge in [-0.3, -0.25) is 9.59 Å². The van der Waals surface area contributed by atoms with Crippen LogP contribution in [0, 0.1) is 13.8 Å². The Morgan fingerprint density at radius 2 is 1.71 bits per heavy atom. The van der Waals surface area contributed by atoms with Gasteiger partial charge in [-0.15, -0.1) is 0 Å². The molecule has 0 spiro atoms. The van der Waals surface area contributed by atoms with E-state index in [-0.39, 0.29) is 46.9 Å². The maximum absolute atomic E-state index is 14.8. The summed E-state index contributed by atoms with van der Waals surface area (Å²) in [6.07, 6.45) is -11.5. The molecule has 2 amide bonds. The van der Waals surface area contributed by atoms with Crippen LogP contribution in [0.3, 0.4) is 0 Å². The third-order valence-electron chi connectivity index (χ3n) is 6.49. The minimum absolute atomic E-state index is 0.0665. The fraction of sp³-hybridized carbons (Fsp3) is 0.321. The normalized spacial score (nSPS) is 17.8. The zero-order valence-corrected chi connectivity index (χ0v) is 21.9. The summed E-state index contributed by atoms with van der Waals surface area (Å²) in [6.45, 7) is 3.07. The predicted molar refractivity (Wildman–Crippen MR) is 135 cm³/mol. The molecule has 0 saturated heterocycles. The Bertz CT molecular complexity index is 1440. The standard InChI is InChI=1S/C28H25F6N3O4/c1-16-4-6-18(7-5-16)21-15-26(28(32,33)34,19-8-10-20(11-9-19)40-13-3-12-27(29,30)31)36-25(39)23(21)35-24(38)22-14-17(2)37-41-22/h4-11,14H,3,12-13,15H2,1-2H3,(H,35,38)(H,36,39)/t26-/m0/s1. The van der Waals surface area contributed by atoms with E-state index in [1.807, 2.05) is 5.32 Å². The number of hydrogen-bond donors (Lipinski definition) is 2. The maximum Gasteiger partial charge on any atom is 0.416 e. The molecule has 1 aliphatic heterocycles. The van der Waals surface area contributed by atoms with Crippen molar-refractivity contribution in [1.29, 1.82) is 0 Å². The molecule has 2 aromatic carbocycles. The van der Waals surface area contributed by atoms with Crippen molar-refractivity contribution in [3.63, 3.8) is 0 Å². The summed E-state index contributed by atoms with van der Waals surface area (Å²) in [5, 5.41) is 8.04. The smallest absolute Gasteiger partial charge is 0.416 e. The van der Waals surface area contributed by atoms with Gasteiger partial charge < -0.3 is 19.9 Å². The zero-order chi connectivity index (χ0) is 30.0. The highest BCUT2D eigenvalue weighted by Gasteiger charge is 2.59. The highest BCUT2D eigenvalue weighted by atomic mass is 19.4. The van der Waals surface area contributed by atoms with Gasteiger partial charge in [-0.25, -0.2) is 0 Å². The van der Waals surface area contributed by atoms with Gasteiger partial charge in [0, 0.05) is 18.9 Å². The van der Waals surface area contributed by atoms with Crippen molar-refractivity contribution < 1.29 is 45.2 Å². The van der Waals surface area contributed by atoms with Crippen molar-refractivity contribution in [3.05, 3.63) is 88.4 Å². The SMILES string of the molecule is Cc1ccc(C2=C(NC(=O)c3cc(C)no3)C(=O)N[C@@](c3ccc(OCCCC(F)(F)F)cc3)(C(F)(F)F)C2)cc1. The highest BCUT2D eigenvalue weighted by Crippen LogP contribution is 2.48. The molecule has 7 nitrogen and oxygen atoms in total. The van der Waals surface area contributed by atoms with Gasteiger partial charge in [-0.1, -0.05) is 47.1 Å². The van der Waals surface area contributed by atoms with Crippen molar-refractivity contribution in [3.8, 4) is 5.75 Å². The maximum atomic E-state index is 14.8. The van der Waals surface area contributed by atoms with Gasteiger partial charge in [0.2, 0.25) is 5.76 Å². The second-order valence-corrected chi connectivity index (χ2v) is 9.63. The van der Waals surface area contributed by atoms with Gasteiger partial charge >= 0.3 is 12.4 Å². The minimum Gasteiger partial charge on any atom is -0.494 e. The van der Waals surface area contributed by atoms with Gasteiger partial charge in [0.25, 0.3) is 11.8 Å². The Kier molecular flexibility index (Phi) is 8.18. The number of nitrogens with zero attached hydrogens (tertiary/aromatic N) is 1. The Balaban J connectivity index is 1.70. The monoisotopic (exact) mass is 581 g/mol. The van der Waals surface area contributed by atoms with Gasteiger partial charge in [0.05, 0.1) is 12.3 Å². The van der Waals surface area contributed by atoms with Gasteiger partial charge in [-0.05, 0) is 49.1 Å². The van der Waals surface area contributed by atoms with Crippen molar-refractivity contribution in [2.24, 2.45) is 0 Å². The first-order valence-electron chi connectivity index (χ1n) is 12.4. The first-order valence-corrected chi connectivity index (χ1v) is 12.4. The molecule has 0 radical (unpaired) electrons. The number of amides is 2. The molecule has 0 saturated carbocycles. The summed E-state index contributed by atoms with van der Waals surface area (Å²) >= 11 is 0. The third-order valence-corrected chi connectivity index (χ3v) is 6.49. The quantitative estimate of drug-likeness (QED) is 0.247. The number of aryl methyl sites for hydroxylation is 2. The molecule has 1 atom stereocenters. The summed E-state index contributed by atoms with van der Waals surface area (Å²) in [6, 6.07) is 12.3. The number of halogens is 6. The number of carbonyl (C=O) groups is 2. The van der Waals surface area contributed by atoms with Gasteiger partial charge in [-0.2, -0.15) is 26.3 Å². The van der Waals surface area contributed by atoms with Crippen LogP contribution >= 0.6 is 0 Å². The summed E-state index contributed by atoms with van der Waals surface area (Å²) in [7, 11) is 0. The summed E-state index contributed by atoms with van der Waals surface area (Å²) in [5.74, 6) is -2.21. The minimum atomic E-state index is -4.99. The van der Waals surface area contributed by atoms with Crippen LogP contribution in [0.4, 0.5) is 26.3 Å². The second-order valence-electron chi connectivity index (χ2n) is 9.63. The molecule has 13 heteroatoms. The number of nitrogens with one attached hydrogen (secondary N) is 2. The van der Waals surface area contributed by atoms with Gasteiger partial charge in [0.1, 0.15) is 11.4 Å². The van der Waals surface area contributed by atoms with Crippen LogP contribution in [0.25, 0.3) is 5.57 Å². The van der Waals surface area contributed by atoms with E-state index in [0.29, 0.717) is 5.69 Å². The number of carbonyl (C=O) groups excluding carboxylic acids is 2. The summed E-state index contributed by atoms with van der Waals surface area (Å²) in [5.41, 5.74) is -2.17. The van der Waals surface area contributed by atoms with Crippen LogP contribution < -0.4 is 15.4 Å². The van der Waals surface area contributed by atoms with Crippen molar-refractivity contribution in [2.45, 2.75) is 51.0 Å². The number of alkyl halides is 6. The van der Waals surface area contributed by atoms with Crippen molar-refractivity contribution >= 4 is 17.4 Å². The van der Waals surface area contributed by atoms with Crippen LogP contribution in [-0.4, -0.2) is 35.9 Å². The number of benzene rings is 2. The second kappa shape index (κ2) is 11.3. The van der Waals surface area contributed by atoms with E-state index in [1.165, 1.54) is 18.2 Å². The van der Waals surface area contributed by atoms with Crippen molar-refractivity contribution in [2.75, 3.05) is 6.61 Å². The molecule has 2 heterocycles. The molecule has 1 aliphatic rings. The Hall–Kier alpha value is -4.29. The molecule has 3 aromatic rings. The molecular formula is C28H25F6N3O4. The van der Waals surface area contributed by atoms with E-state index >= 15 is 0 Å². The molecule has 218 valence electrons. The van der Waals surface area contributed by atoms with E-state index in [1.54, 1.807) is 38.1 Å². The molecule has 0 aliphatic carbocycles. The first kappa shape index (κ1) is 29.7. The molecule has 0 bridgehead atoms. The van der Waals surface area contributed by atoms with E-state index < -0.39 is 42.5 Å². The fourth-order valence-electron chi connectivity index (χ4n) is 4.38. The van der Waals surface area contributed by atoms with Crippen molar-refractivity contribution in [1.82, 2.24) is 15.8 Å². The fourth-order valence-corrected chi connectivity index (χ4v) is 4.38. The van der Waals surface area contributed by atoms with Crippen LogP contribution in [0.15, 0.2) is 64.8 Å². The van der Waals surface area contributed by atoms with E-state index in [9.17, 15) is 35.9 Å². The van der Waals surface area contributed by atoms with Crippen LogP contribution in [0.5, 0.6) is 5.75 Å². The lowest BCUT2D eigenvalue weighted by Crippen LogP contribution is -2.60. The summed E-state index contributed by atoms with van der Waals surface area (Å²) < 4.78 is 91.8. The Labute approximate surface area is 230 Å². The first-order chi connectivity index (χ1) is 19.2. The molecule has 41 heavy (non-hydrogen) atoms. The lowest BCUT2D eigenvalue weighted by molar-refractivity contribution is -0.201. The lowest BCUT2D eigenvalue weighted by Gasteiger charge is -2.41. The molecule has 0 unspecified atom stereocenters. The zero-order valence-electron chi connectivity index (χ0n) is 21.9. The Morgan fingerprint density at radius 1 is 1.05 bits per heavy atom. The number of ether oxygens (including phenoxy) is 1. The average molecular weight is 582 g/mol. The largest absolute Gasteiger partial charge is 0.494 e. The molecular weight excluding hydrogens is 556 g/mol. The summed E-state index contributed by atoms with van der Waals surface area (Å²) in [4.78, 5) is 26.1. The van der Waals surface area contributed by atoms with E-state index in [2.05, 4.69) is 10.5 Å². The molecule has 2 N–H and O–H groups in total. The predicted octanol–water partition coefficient (Wildman–Crippen LogP) is 6.13. The number of rotatable bonds is 8. The van der Waals surface area contributed by atoms with E-state index in [0.717, 1.165) is 17.7 Å².